The first-order valence-corrected chi connectivity index (χ1v) is 9.59. The molecule has 1 saturated heterocycles. The molecule has 1 aliphatic rings. The maximum absolute atomic E-state index is 11.3. The first kappa shape index (κ1) is 17.9. The minimum Gasteiger partial charge on any atom is -0.469 e. The third-order valence-corrected chi connectivity index (χ3v) is 5.89. The van der Waals surface area contributed by atoms with Crippen LogP contribution in [0.4, 0.5) is 5.13 Å². The van der Waals surface area contributed by atoms with Gasteiger partial charge in [0.1, 0.15) is 5.01 Å². The third-order valence-electron chi connectivity index (χ3n) is 4.60. The fourth-order valence-electron chi connectivity index (χ4n) is 3.13. The number of ether oxygens (including phenoxy) is 1. The molecular formula is C19H25N3O2S. The molecule has 5 nitrogen and oxygen atoms in total. The standard InChI is InChI=1S/C19H25N3O2S/c1-13(2)18-20-21-19(25-18)22-9-8-16(12-22)10-14-4-6-15(7-5-14)11-17(23)24-3/h4-7,13,16H,8-12H2,1-3H3. The van der Waals surface area contributed by atoms with Crippen molar-refractivity contribution >= 4 is 22.4 Å². The van der Waals surface area contributed by atoms with Gasteiger partial charge in [0.25, 0.3) is 0 Å². The quantitative estimate of drug-likeness (QED) is 0.740. The van der Waals surface area contributed by atoms with Gasteiger partial charge < -0.3 is 9.64 Å². The summed E-state index contributed by atoms with van der Waals surface area (Å²) >= 11 is 1.72. The molecular weight excluding hydrogens is 334 g/mol. The van der Waals surface area contributed by atoms with Crippen LogP contribution >= 0.6 is 11.3 Å². The molecule has 25 heavy (non-hydrogen) atoms. The Balaban J connectivity index is 1.54. The van der Waals surface area contributed by atoms with Crippen molar-refractivity contribution in [2.75, 3.05) is 25.1 Å². The summed E-state index contributed by atoms with van der Waals surface area (Å²) in [5.41, 5.74) is 2.32. The zero-order chi connectivity index (χ0) is 17.8. The molecule has 2 aromatic rings. The number of anilines is 1. The van der Waals surface area contributed by atoms with Gasteiger partial charge in [-0.05, 0) is 29.9 Å². The lowest BCUT2D eigenvalue weighted by Crippen LogP contribution is -2.20. The van der Waals surface area contributed by atoms with Gasteiger partial charge in [-0.3, -0.25) is 4.79 Å². The summed E-state index contributed by atoms with van der Waals surface area (Å²) in [7, 11) is 1.42. The van der Waals surface area contributed by atoms with Crippen LogP contribution in [0, 0.1) is 5.92 Å². The molecule has 0 bridgehead atoms. The molecule has 0 saturated carbocycles. The van der Waals surface area contributed by atoms with Crippen molar-refractivity contribution in [3.05, 3.63) is 40.4 Å². The maximum Gasteiger partial charge on any atom is 0.309 e. The van der Waals surface area contributed by atoms with Crippen molar-refractivity contribution in [3.8, 4) is 0 Å². The molecule has 0 N–H and O–H groups in total. The molecule has 0 aliphatic carbocycles. The number of aromatic nitrogens is 2. The van der Waals surface area contributed by atoms with Gasteiger partial charge in [-0.1, -0.05) is 49.4 Å². The number of hydrogen-bond acceptors (Lipinski definition) is 6. The van der Waals surface area contributed by atoms with E-state index >= 15 is 0 Å². The van der Waals surface area contributed by atoms with E-state index in [9.17, 15) is 4.79 Å². The number of esters is 1. The van der Waals surface area contributed by atoms with Crippen LogP contribution in [-0.4, -0.2) is 36.4 Å². The number of rotatable bonds is 6. The molecule has 3 rings (SSSR count). The van der Waals surface area contributed by atoms with Gasteiger partial charge in [0, 0.05) is 19.0 Å². The molecule has 0 radical (unpaired) electrons. The number of carbonyl (C=O) groups is 1. The van der Waals surface area contributed by atoms with E-state index in [4.69, 9.17) is 4.74 Å². The monoisotopic (exact) mass is 359 g/mol. The predicted molar refractivity (Wildman–Crippen MR) is 100 cm³/mol. The average molecular weight is 359 g/mol. The molecule has 1 aromatic heterocycles. The summed E-state index contributed by atoms with van der Waals surface area (Å²) in [4.78, 5) is 13.7. The van der Waals surface area contributed by atoms with Crippen LogP contribution in [0.1, 0.15) is 42.3 Å². The molecule has 1 unspecified atom stereocenters. The van der Waals surface area contributed by atoms with Crippen molar-refractivity contribution in [2.45, 2.75) is 39.0 Å². The largest absolute Gasteiger partial charge is 0.469 e. The highest BCUT2D eigenvalue weighted by molar-refractivity contribution is 7.15. The van der Waals surface area contributed by atoms with Crippen molar-refractivity contribution in [2.24, 2.45) is 5.92 Å². The molecule has 134 valence electrons. The highest BCUT2D eigenvalue weighted by Crippen LogP contribution is 2.30. The fraction of sp³-hybridized carbons (Fsp3) is 0.526. The number of benzene rings is 1. The Morgan fingerprint density at radius 3 is 2.64 bits per heavy atom. The number of hydrogen-bond donors (Lipinski definition) is 0. The Bertz CT molecular complexity index is 712. The lowest BCUT2D eigenvalue weighted by molar-refractivity contribution is -0.139. The highest BCUT2D eigenvalue weighted by Gasteiger charge is 2.25. The Morgan fingerprint density at radius 1 is 1.28 bits per heavy atom. The van der Waals surface area contributed by atoms with Crippen molar-refractivity contribution in [3.63, 3.8) is 0 Å². The third kappa shape index (κ3) is 4.57. The average Bonchev–Trinajstić information content (AvgIpc) is 3.25. The van der Waals surface area contributed by atoms with Crippen molar-refractivity contribution < 1.29 is 9.53 Å². The van der Waals surface area contributed by atoms with E-state index in [1.807, 2.05) is 12.1 Å². The van der Waals surface area contributed by atoms with E-state index in [1.54, 1.807) is 11.3 Å². The smallest absolute Gasteiger partial charge is 0.309 e. The number of methoxy groups -OCH3 is 1. The SMILES string of the molecule is COC(=O)Cc1ccc(CC2CCN(c3nnc(C(C)C)s3)C2)cc1. The van der Waals surface area contributed by atoms with Crippen LogP contribution in [-0.2, 0) is 22.4 Å². The van der Waals surface area contributed by atoms with Gasteiger partial charge in [-0.2, -0.15) is 0 Å². The molecule has 1 atom stereocenters. The van der Waals surface area contributed by atoms with Crippen molar-refractivity contribution in [1.29, 1.82) is 0 Å². The van der Waals surface area contributed by atoms with Gasteiger partial charge in [0.2, 0.25) is 5.13 Å². The van der Waals surface area contributed by atoms with Crippen molar-refractivity contribution in [1.82, 2.24) is 10.2 Å². The van der Waals surface area contributed by atoms with E-state index in [-0.39, 0.29) is 5.97 Å². The normalized spacial score (nSPS) is 17.3. The van der Waals surface area contributed by atoms with Gasteiger partial charge in [0.15, 0.2) is 0 Å². The van der Waals surface area contributed by atoms with Crippen LogP contribution in [0.25, 0.3) is 0 Å². The second-order valence-electron chi connectivity index (χ2n) is 6.95. The summed E-state index contributed by atoms with van der Waals surface area (Å²) in [5, 5.41) is 10.8. The van der Waals surface area contributed by atoms with Gasteiger partial charge in [-0.15, -0.1) is 10.2 Å². The minimum absolute atomic E-state index is 0.197. The summed E-state index contributed by atoms with van der Waals surface area (Å²) in [6.07, 6.45) is 2.58. The highest BCUT2D eigenvalue weighted by atomic mass is 32.1. The van der Waals surface area contributed by atoms with Crippen LogP contribution in [0.5, 0.6) is 0 Å². The predicted octanol–water partition coefficient (Wildman–Crippen LogP) is 3.45. The van der Waals surface area contributed by atoms with Crippen LogP contribution in [0.2, 0.25) is 0 Å². The Labute approximate surface area is 153 Å². The fourth-order valence-corrected chi connectivity index (χ4v) is 4.01. The first-order chi connectivity index (χ1) is 12.0. The maximum atomic E-state index is 11.3. The first-order valence-electron chi connectivity index (χ1n) is 8.78. The molecule has 0 spiro atoms. The molecule has 0 amide bonds. The lowest BCUT2D eigenvalue weighted by Gasteiger charge is -2.14. The van der Waals surface area contributed by atoms with E-state index in [0.29, 0.717) is 18.3 Å². The summed E-state index contributed by atoms with van der Waals surface area (Å²) < 4.78 is 4.71. The molecule has 1 fully saturated rings. The van der Waals surface area contributed by atoms with E-state index in [0.717, 1.165) is 35.2 Å². The molecule has 2 heterocycles. The topological polar surface area (TPSA) is 55.3 Å². The van der Waals surface area contributed by atoms with E-state index < -0.39 is 0 Å². The number of carbonyl (C=O) groups excluding carboxylic acids is 1. The Morgan fingerprint density at radius 2 is 2.00 bits per heavy atom. The number of nitrogens with zero attached hydrogens (tertiary/aromatic N) is 3. The van der Waals surface area contributed by atoms with Gasteiger partial charge in [0.05, 0.1) is 13.5 Å². The summed E-state index contributed by atoms with van der Waals surface area (Å²) in [6.45, 7) is 6.40. The lowest BCUT2D eigenvalue weighted by atomic mass is 9.97. The Kier molecular flexibility index (Phi) is 5.68. The molecule has 6 heteroatoms. The Hall–Kier alpha value is -1.95. The van der Waals surface area contributed by atoms with Gasteiger partial charge in [-0.25, -0.2) is 0 Å². The van der Waals surface area contributed by atoms with Crippen LogP contribution < -0.4 is 4.90 Å². The second kappa shape index (κ2) is 7.95. The minimum atomic E-state index is -0.197. The van der Waals surface area contributed by atoms with Crippen LogP contribution in [0.3, 0.4) is 0 Å². The van der Waals surface area contributed by atoms with Gasteiger partial charge >= 0.3 is 5.97 Å². The van der Waals surface area contributed by atoms with Crippen LogP contribution in [0.15, 0.2) is 24.3 Å². The second-order valence-corrected chi connectivity index (χ2v) is 7.94. The zero-order valence-electron chi connectivity index (χ0n) is 15.1. The summed E-state index contributed by atoms with van der Waals surface area (Å²) in [5.74, 6) is 0.878. The molecule has 1 aromatic carbocycles. The summed E-state index contributed by atoms with van der Waals surface area (Å²) in [6, 6.07) is 8.31. The molecule has 1 aliphatic heterocycles. The van der Waals surface area contributed by atoms with E-state index in [1.165, 1.54) is 19.1 Å². The zero-order valence-corrected chi connectivity index (χ0v) is 15.9. The van der Waals surface area contributed by atoms with E-state index in [2.05, 4.69) is 41.1 Å².